The molecule has 0 aliphatic heterocycles. The minimum atomic E-state index is -0.804. The van der Waals surface area contributed by atoms with E-state index in [2.05, 4.69) is 182 Å². The fourth-order valence-corrected chi connectivity index (χ4v) is 8.89. The summed E-state index contributed by atoms with van der Waals surface area (Å²) in [5, 5.41) is 24.6. The highest BCUT2D eigenvalue weighted by atomic mass is 16.5. The zero-order valence-corrected chi connectivity index (χ0v) is 38.8. The molecule has 3 N–H and O–H groups in total. The number of aliphatic hydroxyl groups is 3. The summed E-state index contributed by atoms with van der Waals surface area (Å²) in [7, 11) is 0. The van der Waals surface area contributed by atoms with Crippen LogP contribution in [0.5, 0.6) is 0 Å². The van der Waals surface area contributed by atoms with Crippen molar-refractivity contribution >= 4 is 0 Å². The van der Waals surface area contributed by atoms with Gasteiger partial charge in [0.15, 0.2) is 0 Å². The average Bonchev–Trinajstić information content (AvgIpc) is 3.45. The third kappa shape index (κ3) is 11.7. The Hall–Kier alpha value is -7.26. The Morgan fingerprint density at radius 3 is 0.478 bits per heavy atom. The second-order valence-electron chi connectivity index (χ2n) is 16.1. The second-order valence-corrected chi connectivity index (χ2v) is 16.1. The first kappa shape index (κ1) is 49.6. The number of rotatable bonds is 18. The number of hydrogen-bond donors (Lipinski definition) is 3. The van der Waals surface area contributed by atoms with Crippen molar-refractivity contribution in [3.05, 3.63) is 323 Å². The molecule has 348 valence electrons. The summed E-state index contributed by atoms with van der Waals surface area (Å²) in [6.45, 7) is 0.729. The highest BCUT2D eigenvalue weighted by Gasteiger charge is 2.40. The van der Waals surface area contributed by atoms with Crippen LogP contribution in [0.15, 0.2) is 273 Å². The zero-order valence-electron chi connectivity index (χ0n) is 38.8. The smallest absolute Gasteiger partial charge is 0.143 e. The first-order chi connectivity index (χ1) is 34.1. The molecule has 0 bridgehead atoms. The van der Waals surface area contributed by atoms with E-state index in [1.807, 2.05) is 91.0 Å². The van der Waals surface area contributed by atoms with Crippen molar-refractivity contribution < 1.29 is 29.5 Å². The van der Waals surface area contributed by atoms with E-state index in [0.29, 0.717) is 13.2 Å². The minimum Gasteiger partial charge on any atom is -0.394 e. The molecule has 0 unspecified atom stereocenters. The molecular weight excluding hydrogens is 853 g/mol. The van der Waals surface area contributed by atoms with Crippen molar-refractivity contribution in [1.29, 1.82) is 0 Å². The molecule has 0 aliphatic rings. The van der Waals surface area contributed by atoms with E-state index in [-0.39, 0.29) is 26.4 Å². The van der Waals surface area contributed by atoms with Crippen molar-refractivity contribution in [3.8, 4) is 0 Å². The third-order valence-corrected chi connectivity index (χ3v) is 11.9. The van der Waals surface area contributed by atoms with Crippen molar-refractivity contribution in [2.45, 2.75) is 16.8 Å². The monoisotopic (exact) mass is 912 g/mol. The predicted molar refractivity (Wildman–Crippen MR) is 277 cm³/mol. The van der Waals surface area contributed by atoms with Crippen LogP contribution in [-0.4, -0.2) is 55.0 Å². The highest BCUT2D eigenvalue weighted by molar-refractivity contribution is 5.50. The predicted octanol–water partition coefficient (Wildman–Crippen LogP) is 12.0. The van der Waals surface area contributed by atoms with Crippen molar-refractivity contribution in [2.75, 3.05) is 39.6 Å². The lowest BCUT2D eigenvalue weighted by Gasteiger charge is -2.38. The van der Waals surface area contributed by atoms with E-state index in [1.54, 1.807) is 0 Å². The van der Waals surface area contributed by atoms with Crippen LogP contribution in [0.2, 0.25) is 0 Å². The van der Waals surface area contributed by atoms with Gasteiger partial charge in [0.05, 0.1) is 39.6 Å². The maximum absolute atomic E-state index is 9.35. The van der Waals surface area contributed by atoms with Crippen LogP contribution in [0.25, 0.3) is 0 Å². The normalized spacial score (nSPS) is 11.3. The fourth-order valence-electron chi connectivity index (χ4n) is 8.89. The van der Waals surface area contributed by atoms with E-state index in [0.717, 1.165) is 50.1 Å². The van der Waals surface area contributed by atoms with Crippen LogP contribution in [-0.2, 0) is 31.0 Å². The Morgan fingerprint density at radius 2 is 0.348 bits per heavy atom. The molecule has 0 aliphatic carbocycles. The quantitative estimate of drug-likeness (QED) is 0.0587. The molecule has 6 heteroatoms. The SMILES string of the molecule is OCCO.OCCOC(c1ccccc1)(c1ccccc1)c1ccccc1.c1ccc(C(OCCOC(c2ccccc2)(c2ccccc2)c2ccccc2)(c2ccccc2)c2ccccc2)cc1. The zero-order chi connectivity index (χ0) is 47.9. The summed E-state index contributed by atoms with van der Waals surface area (Å²) in [6, 6.07) is 93.3. The lowest BCUT2D eigenvalue weighted by Crippen LogP contribution is -2.37. The van der Waals surface area contributed by atoms with Gasteiger partial charge in [0, 0.05) is 0 Å². The standard InChI is InChI=1S/C40H34O2.C21H20O2.C2H6O2/c1-7-19-33(20-8-1)39(34-21-9-2-10-22-34,35-23-11-3-12-24-35)41-31-32-42-40(36-25-13-4-14-26-36,37-27-15-5-16-28-37)38-29-17-6-18-30-38;22-16-17-23-21(18-10-4-1-5-11-18,19-12-6-2-7-13-19)20-14-8-3-9-15-20;3-1-2-4/h1-30H,31-32H2;1-15,22H,16-17H2;3-4H,1-2H2. The Balaban J connectivity index is 0.000000218. The first-order valence-electron chi connectivity index (χ1n) is 23.4. The number of ether oxygens (including phenoxy) is 3. The van der Waals surface area contributed by atoms with Crippen LogP contribution in [0.1, 0.15) is 50.1 Å². The lowest BCUT2D eigenvalue weighted by molar-refractivity contribution is -0.0593. The Labute approximate surface area is 407 Å². The van der Waals surface area contributed by atoms with Gasteiger partial charge in [-0.15, -0.1) is 0 Å². The molecule has 0 radical (unpaired) electrons. The van der Waals surface area contributed by atoms with Crippen LogP contribution in [0.4, 0.5) is 0 Å². The summed E-state index contributed by atoms with van der Waals surface area (Å²) in [5.74, 6) is 0. The van der Waals surface area contributed by atoms with Gasteiger partial charge < -0.3 is 29.5 Å². The minimum absolute atomic E-state index is 0.0196. The number of aliphatic hydroxyl groups excluding tert-OH is 3. The van der Waals surface area contributed by atoms with E-state index >= 15 is 0 Å². The van der Waals surface area contributed by atoms with Gasteiger partial charge in [-0.1, -0.05) is 273 Å². The van der Waals surface area contributed by atoms with Crippen molar-refractivity contribution in [2.24, 2.45) is 0 Å². The highest BCUT2D eigenvalue weighted by Crippen LogP contribution is 2.43. The molecule has 9 aromatic rings. The fraction of sp³-hybridized carbons (Fsp3) is 0.143. The molecule has 0 aromatic heterocycles. The summed E-state index contributed by atoms with van der Waals surface area (Å²) in [4.78, 5) is 0. The molecule has 0 heterocycles. The van der Waals surface area contributed by atoms with Crippen molar-refractivity contribution in [1.82, 2.24) is 0 Å². The Morgan fingerprint density at radius 1 is 0.203 bits per heavy atom. The molecule has 9 rings (SSSR count). The number of hydrogen-bond acceptors (Lipinski definition) is 6. The molecule has 69 heavy (non-hydrogen) atoms. The molecule has 0 fully saturated rings. The van der Waals surface area contributed by atoms with E-state index < -0.39 is 16.8 Å². The summed E-state index contributed by atoms with van der Waals surface area (Å²) in [5.41, 5.74) is 7.24. The van der Waals surface area contributed by atoms with Gasteiger partial charge in [0.1, 0.15) is 16.8 Å². The summed E-state index contributed by atoms with van der Waals surface area (Å²) < 4.78 is 20.4. The maximum atomic E-state index is 9.35. The number of benzene rings is 9. The van der Waals surface area contributed by atoms with Gasteiger partial charge in [-0.25, -0.2) is 0 Å². The van der Waals surface area contributed by atoms with Crippen LogP contribution >= 0.6 is 0 Å². The van der Waals surface area contributed by atoms with Gasteiger partial charge in [0.2, 0.25) is 0 Å². The molecule has 0 saturated carbocycles. The second kappa shape index (κ2) is 25.8. The van der Waals surface area contributed by atoms with E-state index in [9.17, 15) is 5.11 Å². The molecule has 0 amide bonds. The molecule has 9 aromatic carbocycles. The van der Waals surface area contributed by atoms with E-state index in [1.165, 1.54) is 0 Å². The Bertz CT molecular complexity index is 2330. The summed E-state index contributed by atoms with van der Waals surface area (Å²) >= 11 is 0. The van der Waals surface area contributed by atoms with Gasteiger partial charge in [0.25, 0.3) is 0 Å². The van der Waals surface area contributed by atoms with Crippen LogP contribution in [0.3, 0.4) is 0 Å². The first-order valence-corrected chi connectivity index (χ1v) is 23.4. The summed E-state index contributed by atoms with van der Waals surface area (Å²) in [6.07, 6.45) is 0. The average molecular weight is 913 g/mol. The van der Waals surface area contributed by atoms with E-state index in [4.69, 9.17) is 24.4 Å². The topological polar surface area (TPSA) is 88.4 Å². The van der Waals surface area contributed by atoms with Crippen LogP contribution < -0.4 is 0 Å². The molecule has 0 spiro atoms. The molecule has 6 nitrogen and oxygen atoms in total. The van der Waals surface area contributed by atoms with Gasteiger partial charge >= 0.3 is 0 Å². The third-order valence-electron chi connectivity index (χ3n) is 11.9. The van der Waals surface area contributed by atoms with Crippen LogP contribution in [0, 0.1) is 0 Å². The lowest BCUT2D eigenvalue weighted by atomic mass is 9.80. The van der Waals surface area contributed by atoms with Gasteiger partial charge in [-0.3, -0.25) is 0 Å². The molecule has 0 saturated heterocycles. The van der Waals surface area contributed by atoms with Gasteiger partial charge in [-0.2, -0.15) is 0 Å². The Kier molecular flexibility index (Phi) is 18.5. The van der Waals surface area contributed by atoms with Gasteiger partial charge in [-0.05, 0) is 50.1 Å². The largest absolute Gasteiger partial charge is 0.394 e. The van der Waals surface area contributed by atoms with Crippen molar-refractivity contribution in [3.63, 3.8) is 0 Å². The molecule has 0 atom stereocenters. The molecular formula is C63H60O6. The maximum Gasteiger partial charge on any atom is 0.143 e.